The van der Waals surface area contributed by atoms with Gasteiger partial charge in [0.1, 0.15) is 0 Å². The van der Waals surface area contributed by atoms with Crippen LogP contribution in [0.4, 0.5) is 0 Å². The average Bonchev–Trinajstić information content (AvgIpc) is 2.44. The first-order chi connectivity index (χ1) is 4.86. The topological polar surface area (TPSA) is 38.5 Å². The average molecular weight is 140 g/mol. The molecule has 0 aromatic heterocycles. The standard InChI is InChI=1S/C7H12N2O/c8-6-5-3-9-2-1-4(10-5)7(6)9/h4-7H,1-3,8H2/t4-,5-,6+,7-/m0/s1. The van der Waals surface area contributed by atoms with Gasteiger partial charge in [0.25, 0.3) is 0 Å². The molecule has 3 saturated heterocycles. The fourth-order valence-corrected chi connectivity index (χ4v) is 2.63. The summed E-state index contributed by atoms with van der Waals surface area (Å²) in [5.41, 5.74) is 5.94. The van der Waals surface area contributed by atoms with Crippen LogP contribution in [0.15, 0.2) is 0 Å². The molecule has 10 heavy (non-hydrogen) atoms. The molecule has 3 rings (SSSR count). The molecule has 3 aliphatic rings. The minimum absolute atomic E-state index is 0.312. The molecule has 0 aliphatic carbocycles. The van der Waals surface area contributed by atoms with Crippen LogP contribution in [-0.2, 0) is 4.74 Å². The van der Waals surface area contributed by atoms with Crippen LogP contribution in [0.5, 0.6) is 0 Å². The second kappa shape index (κ2) is 1.55. The van der Waals surface area contributed by atoms with Gasteiger partial charge in [-0.2, -0.15) is 0 Å². The van der Waals surface area contributed by atoms with E-state index in [0.717, 1.165) is 6.54 Å². The number of hydrogen-bond acceptors (Lipinski definition) is 3. The van der Waals surface area contributed by atoms with Crippen molar-refractivity contribution in [1.82, 2.24) is 4.90 Å². The molecule has 0 unspecified atom stereocenters. The first kappa shape index (κ1) is 5.52. The predicted octanol–water partition coefficient (Wildman–Crippen LogP) is -0.831. The summed E-state index contributed by atoms with van der Waals surface area (Å²) in [6.07, 6.45) is 2.04. The zero-order chi connectivity index (χ0) is 6.72. The highest BCUT2D eigenvalue weighted by Crippen LogP contribution is 2.38. The summed E-state index contributed by atoms with van der Waals surface area (Å²) in [5.74, 6) is 0. The van der Waals surface area contributed by atoms with E-state index in [-0.39, 0.29) is 0 Å². The molecule has 0 spiro atoms. The van der Waals surface area contributed by atoms with Gasteiger partial charge in [0.05, 0.1) is 24.3 Å². The molecule has 0 aromatic rings. The molecule has 2 bridgehead atoms. The molecule has 0 radical (unpaired) electrons. The van der Waals surface area contributed by atoms with E-state index < -0.39 is 0 Å². The van der Waals surface area contributed by atoms with Crippen LogP contribution in [0.1, 0.15) is 6.42 Å². The molecule has 0 aromatic carbocycles. The lowest BCUT2D eigenvalue weighted by molar-refractivity contribution is 0.00885. The minimum Gasteiger partial charge on any atom is -0.370 e. The maximum Gasteiger partial charge on any atom is 0.0873 e. The lowest BCUT2D eigenvalue weighted by Crippen LogP contribution is -2.38. The predicted molar refractivity (Wildman–Crippen MR) is 36.6 cm³/mol. The van der Waals surface area contributed by atoms with Gasteiger partial charge in [0.15, 0.2) is 0 Å². The monoisotopic (exact) mass is 140 g/mol. The summed E-state index contributed by atoms with van der Waals surface area (Å²) in [6.45, 7) is 2.29. The van der Waals surface area contributed by atoms with E-state index >= 15 is 0 Å². The molecule has 3 fully saturated rings. The third-order valence-corrected chi connectivity index (χ3v) is 3.09. The molecule has 56 valence electrons. The van der Waals surface area contributed by atoms with E-state index in [1.807, 2.05) is 0 Å². The Bertz CT molecular complexity index is 156. The van der Waals surface area contributed by atoms with Crippen molar-refractivity contribution in [2.75, 3.05) is 13.1 Å². The Hall–Kier alpha value is -0.120. The summed E-state index contributed by atoms with van der Waals surface area (Å²) in [4.78, 5) is 2.48. The number of hydrogen-bond donors (Lipinski definition) is 1. The van der Waals surface area contributed by atoms with E-state index in [1.54, 1.807) is 0 Å². The number of nitrogens with zero attached hydrogens (tertiary/aromatic N) is 1. The van der Waals surface area contributed by atoms with Crippen molar-refractivity contribution in [1.29, 1.82) is 0 Å². The van der Waals surface area contributed by atoms with Gasteiger partial charge >= 0.3 is 0 Å². The first-order valence-electron chi connectivity index (χ1n) is 4.01. The van der Waals surface area contributed by atoms with E-state index in [9.17, 15) is 0 Å². The molecule has 3 nitrogen and oxygen atoms in total. The molecular formula is C7H12N2O. The zero-order valence-corrected chi connectivity index (χ0v) is 5.86. The van der Waals surface area contributed by atoms with E-state index in [2.05, 4.69) is 4.90 Å². The number of ether oxygens (including phenoxy) is 1. The van der Waals surface area contributed by atoms with Crippen molar-refractivity contribution in [3.63, 3.8) is 0 Å². The summed E-state index contributed by atoms with van der Waals surface area (Å²) >= 11 is 0. The molecule has 3 heterocycles. The third kappa shape index (κ3) is 0.447. The van der Waals surface area contributed by atoms with Crippen LogP contribution in [0.25, 0.3) is 0 Å². The lowest BCUT2D eigenvalue weighted by Gasteiger charge is -2.21. The quantitative estimate of drug-likeness (QED) is 0.477. The molecule has 4 atom stereocenters. The summed E-state index contributed by atoms with van der Waals surface area (Å²) in [6, 6.07) is 0.887. The Labute approximate surface area is 60.1 Å². The fraction of sp³-hybridized carbons (Fsp3) is 1.00. The molecule has 3 heteroatoms. The summed E-state index contributed by atoms with van der Waals surface area (Å²) < 4.78 is 5.70. The Balaban J connectivity index is 2.01. The van der Waals surface area contributed by atoms with E-state index in [0.29, 0.717) is 24.3 Å². The number of nitrogens with two attached hydrogens (primary N) is 1. The highest BCUT2D eigenvalue weighted by atomic mass is 16.5. The third-order valence-electron chi connectivity index (χ3n) is 3.09. The zero-order valence-electron chi connectivity index (χ0n) is 5.86. The van der Waals surface area contributed by atoms with Crippen LogP contribution in [0, 0.1) is 0 Å². The van der Waals surface area contributed by atoms with Crippen molar-refractivity contribution in [3.8, 4) is 0 Å². The molecule has 0 amide bonds. The van der Waals surface area contributed by atoms with Gasteiger partial charge in [-0.1, -0.05) is 0 Å². The van der Waals surface area contributed by atoms with Gasteiger partial charge in [0.2, 0.25) is 0 Å². The van der Waals surface area contributed by atoms with Gasteiger partial charge in [-0.25, -0.2) is 0 Å². The molecule has 0 saturated carbocycles. The van der Waals surface area contributed by atoms with Crippen molar-refractivity contribution in [3.05, 3.63) is 0 Å². The Morgan fingerprint density at radius 3 is 2.90 bits per heavy atom. The van der Waals surface area contributed by atoms with Crippen molar-refractivity contribution in [2.45, 2.75) is 30.7 Å². The normalized spacial score (nSPS) is 58.5. The first-order valence-corrected chi connectivity index (χ1v) is 4.01. The number of morpholine rings is 1. The highest BCUT2D eigenvalue weighted by molar-refractivity contribution is 5.10. The second-order valence-electron chi connectivity index (χ2n) is 3.56. The fourth-order valence-electron chi connectivity index (χ4n) is 2.63. The molecular weight excluding hydrogens is 128 g/mol. The van der Waals surface area contributed by atoms with E-state index in [1.165, 1.54) is 13.0 Å². The van der Waals surface area contributed by atoms with Crippen LogP contribution < -0.4 is 5.73 Å². The van der Waals surface area contributed by atoms with Crippen LogP contribution in [-0.4, -0.2) is 42.3 Å². The highest BCUT2D eigenvalue weighted by Gasteiger charge is 2.55. The Kier molecular flexibility index (Phi) is 0.854. The van der Waals surface area contributed by atoms with Crippen LogP contribution >= 0.6 is 0 Å². The second-order valence-corrected chi connectivity index (χ2v) is 3.56. The number of rotatable bonds is 0. The van der Waals surface area contributed by atoms with E-state index in [4.69, 9.17) is 10.5 Å². The van der Waals surface area contributed by atoms with Crippen molar-refractivity contribution in [2.24, 2.45) is 5.73 Å². The smallest absolute Gasteiger partial charge is 0.0873 e. The number of fused-ring (bicyclic) bond motifs is 1. The van der Waals surface area contributed by atoms with Gasteiger partial charge in [0, 0.05) is 13.1 Å². The van der Waals surface area contributed by atoms with Gasteiger partial charge < -0.3 is 10.5 Å². The van der Waals surface area contributed by atoms with Gasteiger partial charge in [-0.05, 0) is 6.42 Å². The Morgan fingerprint density at radius 2 is 2.30 bits per heavy atom. The summed E-state index contributed by atoms with van der Waals surface area (Å²) in [7, 11) is 0. The molecule has 3 aliphatic heterocycles. The maximum absolute atomic E-state index is 5.94. The van der Waals surface area contributed by atoms with Crippen molar-refractivity contribution < 1.29 is 4.74 Å². The lowest BCUT2D eigenvalue weighted by atomic mass is 10.1. The molecule has 2 N–H and O–H groups in total. The SMILES string of the molecule is N[C@H]1[C@@H]2[C@@H]3CCN2C[C@@H]1O3. The maximum atomic E-state index is 5.94. The Morgan fingerprint density at radius 1 is 1.40 bits per heavy atom. The van der Waals surface area contributed by atoms with Crippen LogP contribution in [0.3, 0.4) is 0 Å². The van der Waals surface area contributed by atoms with Gasteiger partial charge in [-0.15, -0.1) is 0 Å². The van der Waals surface area contributed by atoms with Gasteiger partial charge in [-0.3, -0.25) is 4.90 Å². The minimum atomic E-state index is 0.312. The largest absolute Gasteiger partial charge is 0.370 e. The van der Waals surface area contributed by atoms with Crippen LogP contribution in [0.2, 0.25) is 0 Å². The van der Waals surface area contributed by atoms with Crippen molar-refractivity contribution >= 4 is 0 Å². The summed E-state index contributed by atoms with van der Waals surface area (Å²) in [5, 5.41) is 0.